The Hall–Kier alpha value is -4.25. The maximum Gasteiger partial charge on any atom is 0.514 e. The van der Waals surface area contributed by atoms with Gasteiger partial charge in [-0.25, -0.2) is 4.79 Å². The molecule has 0 N–H and O–H groups in total. The Morgan fingerprint density at radius 3 is 1.93 bits per heavy atom. The molecule has 0 aliphatic carbocycles. The Kier molecular flexibility index (Phi) is 4.33. The molecule has 0 unspecified atom stereocenters. The lowest BCUT2D eigenvalue weighted by atomic mass is 10.1. The smallest absolute Gasteiger partial charge is 0.421 e. The van der Waals surface area contributed by atoms with Crippen molar-refractivity contribution in [3.63, 3.8) is 0 Å². The maximum atomic E-state index is 13.5. The lowest BCUT2D eigenvalue weighted by Gasteiger charge is -2.10. The summed E-state index contributed by atoms with van der Waals surface area (Å²) in [6, 6.07) is 31.1. The van der Waals surface area contributed by atoms with Crippen molar-refractivity contribution in [1.29, 1.82) is 0 Å². The molecular formula is C25H17N2O3+. The third kappa shape index (κ3) is 2.93. The van der Waals surface area contributed by atoms with Gasteiger partial charge in [-0.3, -0.25) is 0 Å². The van der Waals surface area contributed by atoms with Crippen LogP contribution in [0.4, 0.5) is 0 Å². The fourth-order valence-corrected chi connectivity index (χ4v) is 3.51. The van der Waals surface area contributed by atoms with Crippen molar-refractivity contribution in [3.8, 4) is 34.2 Å². The van der Waals surface area contributed by atoms with Gasteiger partial charge in [-0.15, -0.1) is 9.13 Å². The Morgan fingerprint density at radius 1 is 0.667 bits per heavy atom. The van der Waals surface area contributed by atoms with Crippen molar-refractivity contribution in [1.82, 2.24) is 4.57 Å². The molecule has 0 atom stereocenters. The van der Waals surface area contributed by atoms with E-state index in [1.54, 1.807) is 36.4 Å². The SMILES string of the molecule is O=c1c2ccc(-c3ccccc3)oc-2[n+](-c2ccccc2)c(=O)n1-c1ccccc1. The number of rotatable bonds is 3. The molecule has 0 spiro atoms. The Labute approximate surface area is 172 Å². The molecule has 144 valence electrons. The van der Waals surface area contributed by atoms with Gasteiger partial charge < -0.3 is 4.42 Å². The monoisotopic (exact) mass is 393 g/mol. The average molecular weight is 393 g/mol. The van der Waals surface area contributed by atoms with Crippen LogP contribution in [-0.2, 0) is 0 Å². The van der Waals surface area contributed by atoms with Gasteiger partial charge in [0.25, 0.3) is 0 Å². The number of fused-ring (bicyclic) bond motifs is 1. The highest BCUT2D eigenvalue weighted by molar-refractivity contribution is 5.62. The number of aromatic nitrogens is 2. The largest absolute Gasteiger partial charge is 0.514 e. The fraction of sp³-hybridized carbons (Fsp3) is 0. The highest BCUT2D eigenvalue weighted by Crippen LogP contribution is 2.25. The van der Waals surface area contributed by atoms with E-state index in [1.165, 1.54) is 9.13 Å². The summed E-state index contributed by atoms with van der Waals surface area (Å²) in [4.78, 5) is 26.8. The molecule has 5 heteroatoms. The van der Waals surface area contributed by atoms with Crippen LogP contribution < -0.4 is 15.8 Å². The van der Waals surface area contributed by atoms with Gasteiger partial charge in [0, 0.05) is 5.56 Å². The van der Waals surface area contributed by atoms with E-state index >= 15 is 0 Å². The molecular weight excluding hydrogens is 376 g/mol. The first kappa shape index (κ1) is 17.8. The summed E-state index contributed by atoms with van der Waals surface area (Å²) >= 11 is 0. The zero-order valence-electron chi connectivity index (χ0n) is 15.9. The minimum absolute atomic E-state index is 0.213. The van der Waals surface area contributed by atoms with E-state index in [9.17, 15) is 9.59 Å². The molecule has 0 aromatic heterocycles. The van der Waals surface area contributed by atoms with Crippen LogP contribution in [0.2, 0.25) is 0 Å². The van der Waals surface area contributed by atoms with Gasteiger partial charge in [0.2, 0.25) is 0 Å². The zero-order chi connectivity index (χ0) is 20.5. The lowest BCUT2D eigenvalue weighted by Crippen LogP contribution is -2.58. The number of nitrogens with zero attached hydrogens (tertiary/aromatic N) is 2. The maximum absolute atomic E-state index is 13.5. The minimum Gasteiger partial charge on any atom is -0.421 e. The standard InChI is InChI=1S/C25H17N2O3/c28-23-21-16-17-22(18-10-4-1-5-11-18)30-24(21)27(20-14-8-3-9-15-20)25(29)26(23)19-12-6-2-7-13-19/h1-17H/q+1. The minimum atomic E-state index is -0.487. The van der Waals surface area contributed by atoms with Crippen molar-refractivity contribution < 1.29 is 8.98 Å². The molecule has 3 aromatic rings. The fourth-order valence-electron chi connectivity index (χ4n) is 3.51. The average Bonchev–Trinajstić information content (AvgIpc) is 2.81. The van der Waals surface area contributed by atoms with Crippen LogP contribution >= 0.6 is 0 Å². The second-order valence-corrected chi connectivity index (χ2v) is 6.81. The second-order valence-electron chi connectivity index (χ2n) is 6.81. The van der Waals surface area contributed by atoms with Crippen LogP contribution in [0.15, 0.2) is 117 Å². The van der Waals surface area contributed by atoms with Crippen LogP contribution in [0.5, 0.6) is 0 Å². The van der Waals surface area contributed by atoms with Crippen LogP contribution in [0.3, 0.4) is 0 Å². The third-order valence-electron chi connectivity index (χ3n) is 4.94. The molecule has 5 nitrogen and oxygen atoms in total. The Bertz CT molecular complexity index is 1410. The lowest BCUT2D eigenvalue weighted by molar-refractivity contribution is -0.614. The van der Waals surface area contributed by atoms with Crippen LogP contribution in [0, 0.1) is 0 Å². The van der Waals surface area contributed by atoms with Crippen molar-refractivity contribution in [3.05, 3.63) is 124 Å². The summed E-state index contributed by atoms with van der Waals surface area (Å²) in [6.45, 7) is 0. The molecule has 0 fully saturated rings. The van der Waals surface area contributed by atoms with Crippen molar-refractivity contribution in [2.75, 3.05) is 0 Å². The van der Waals surface area contributed by atoms with E-state index in [2.05, 4.69) is 0 Å². The normalized spacial score (nSPS) is 10.9. The summed E-state index contributed by atoms with van der Waals surface area (Å²) in [5, 5.41) is 0. The van der Waals surface area contributed by atoms with Gasteiger partial charge >= 0.3 is 17.1 Å². The number of hydrogen-bond acceptors (Lipinski definition) is 3. The predicted octanol–water partition coefficient (Wildman–Crippen LogP) is 3.84. The topological polar surface area (TPSA) is 56.1 Å². The summed E-state index contributed by atoms with van der Waals surface area (Å²) in [5.74, 6) is 0.786. The highest BCUT2D eigenvalue weighted by atomic mass is 16.4. The molecule has 2 aliphatic heterocycles. The first-order valence-corrected chi connectivity index (χ1v) is 9.55. The predicted molar refractivity (Wildman–Crippen MR) is 114 cm³/mol. The van der Waals surface area contributed by atoms with Gasteiger partial charge in [0.1, 0.15) is 17.1 Å². The summed E-state index contributed by atoms with van der Waals surface area (Å²) in [7, 11) is 0. The molecule has 0 amide bonds. The molecule has 5 rings (SSSR count). The quantitative estimate of drug-likeness (QED) is 0.438. The Balaban J connectivity index is 1.90. The molecule has 0 saturated carbocycles. The van der Waals surface area contributed by atoms with Crippen LogP contribution in [0.1, 0.15) is 0 Å². The zero-order valence-corrected chi connectivity index (χ0v) is 15.9. The number of para-hydroxylation sites is 2. The second kappa shape index (κ2) is 7.29. The van der Waals surface area contributed by atoms with E-state index in [0.29, 0.717) is 22.7 Å². The third-order valence-corrected chi connectivity index (χ3v) is 4.94. The van der Waals surface area contributed by atoms with Gasteiger partial charge in [-0.1, -0.05) is 66.7 Å². The first-order valence-electron chi connectivity index (χ1n) is 9.55. The summed E-state index contributed by atoms with van der Waals surface area (Å²) in [5.41, 5.74) is 1.40. The number of hydrogen-bond donors (Lipinski definition) is 0. The van der Waals surface area contributed by atoms with E-state index < -0.39 is 11.2 Å². The highest BCUT2D eigenvalue weighted by Gasteiger charge is 2.31. The molecule has 2 heterocycles. The molecule has 3 aromatic carbocycles. The first-order chi connectivity index (χ1) is 14.7. The summed E-state index contributed by atoms with van der Waals surface area (Å²) in [6.07, 6.45) is 0. The van der Waals surface area contributed by atoms with Gasteiger partial charge in [-0.05, 0) is 36.4 Å². The molecule has 0 bridgehead atoms. The van der Waals surface area contributed by atoms with Crippen LogP contribution in [0.25, 0.3) is 34.2 Å². The van der Waals surface area contributed by atoms with Gasteiger partial charge in [-0.2, -0.15) is 4.79 Å². The van der Waals surface area contributed by atoms with E-state index in [4.69, 9.17) is 4.42 Å². The molecule has 0 radical (unpaired) electrons. The van der Waals surface area contributed by atoms with E-state index in [0.717, 1.165) is 5.56 Å². The molecule has 30 heavy (non-hydrogen) atoms. The van der Waals surface area contributed by atoms with Gasteiger partial charge in [0.15, 0.2) is 5.56 Å². The van der Waals surface area contributed by atoms with Crippen molar-refractivity contribution in [2.45, 2.75) is 0 Å². The van der Waals surface area contributed by atoms with Crippen LogP contribution in [-0.4, -0.2) is 4.57 Å². The Morgan fingerprint density at radius 2 is 1.27 bits per heavy atom. The van der Waals surface area contributed by atoms with E-state index in [-0.39, 0.29) is 5.89 Å². The van der Waals surface area contributed by atoms with Crippen molar-refractivity contribution in [2.24, 2.45) is 0 Å². The van der Waals surface area contributed by atoms with Gasteiger partial charge in [0.05, 0.1) is 0 Å². The van der Waals surface area contributed by atoms with E-state index in [1.807, 2.05) is 66.7 Å². The summed E-state index contributed by atoms with van der Waals surface area (Å²) < 4.78 is 8.75. The molecule has 2 aliphatic rings. The molecule has 0 saturated heterocycles. The van der Waals surface area contributed by atoms with Crippen molar-refractivity contribution >= 4 is 0 Å². The number of benzene rings is 3.